The first kappa shape index (κ1) is 10.8. The molecule has 0 aromatic heterocycles. The van der Waals surface area contributed by atoms with E-state index in [1.807, 2.05) is 0 Å². The second-order valence-corrected chi connectivity index (χ2v) is 4.18. The summed E-state index contributed by atoms with van der Waals surface area (Å²) in [6.45, 7) is 0. The van der Waals surface area contributed by atoms with Crippen LogP contribution in [0, 0.1) is 11.3 Å². The second kappa shape index (κ2) is 3.46. The maximum atomic E-state index is 11.2. The normalized spacial score (nSPS) is 37.2. The molecule has 2 bridgehead atoms. The Morgan fingerprint density at radius 2 is 2.23 bits per heavy atom. The number of carbonyl (C=O) groups is 1. The molecule has 1 unspecified atom stereocenters. The molecule has 13 heavy (non-hydrogen) atoms. The Hall–Kier alpha value is -0.280. The molecule has 3 saturated carbocycles. The summed E-state index contributed by atoms with van der Waals surface area (Å²) in [4.78, 5) is 11.2. The van der Waals surface area contributed by atoms with Crippen molar-refractivity contribution in [2.75, 3.05) is 7.11 Å². The molecule has 0 radical (unpaired) electrons. The van der Waals surface area contributed by atoms with Gasteiger partial charge in [-0.3, -0.25) is 4.79 Å². The van der Waals surface area contributed by atoms with Gasteiger partial charge in [0.1, 0.15) is 6.04 Å². The van der Waals surface area contributed by atoms with Crippen molar-refractivity contribution in [3.63, 3.8) is 0 Å². The van der Waals surface area contributed by atoms with Gasteiger partial charge < -0.3 is 10.5 Å². The number of rotatable bonds is 2. The molecular weight excluding hydrogens is 190 g/mol. The summed E-state index contributed by atoms with van der Waals surface area (Å²) in [6.07, 6.45) is 4.66. The van der Waals surface area contributed by atoms with Gasteiger partial charge >= 0.3 is 5.97 Å². The van der Waals surface area contributed by atoms with E-state index in [9.17, 15) is 4.79 Å². The highest BCUT2D eigenvalue weighted by Crippen LogP contribution is 2.60. The van der Waals surface area contributed by atoms with Gasteiger partial charge in [0, 0.05) is 0 Å². The first-order chi connectivity index (χ1) is 5.68. The number of nitrogens with two attached hydrogens (primary N) is 1. The fourth-order valence-corrected chi connectivity index (χ4v) is 2.78. The van der Waals surface area contributed by atoms with Gasteiger partial charge in [0.25, 0.3) is 0 Å². The first-order valence-electron chi connectivity index (χ1n) is 4.51. The van der Waals surface area contributed by atoms with Gasteiger partial charge in [-0.1, -0.05) is 0 Å². The minimum Gasteiger partial charge on any atom is -0.468 e. The van der Waals surface area contributed by atoms with Crippen molar-refractivity contribution in [1.82, 2.24) is 0 Å². The number of hydrogen-bond donors (Lipinski definition) is 1. The zero-order chi connectivity index (χ0) is 8.77. The molecule has 0 amide bonds. The predicted molar refractivity (Wildman–Crippen MR) is 51.6 cm³/mol. The van der Waals surface area contributed by atoms with Crippen molar-refractivity contribution < 1.29 is 9.53 Å². The van der Waals surface area contributed by atoms with Crippen molar-refractivity contribution in [3.05, 3.63) is 0 Å². The largest absolute Gasteiger partial charge is 0.468 e. The second-order valence-electron chi connectivity index (χ2n) is 4.18. The van der Waals surface area contributed by atoms with E-state index >= 15 is 0 Å². The Labute approximate surface area is 84.4 Å². The van der Waals surface area contributed by atoms with Crippen molar-refractivity contribution >= 4 is 18.4 Å². The number of methoxy groups -OCH3 is 1. The highest BCUT2D eigenvalue weighted by Gasteiger charge is 2.55. The van der Waals surface area contributed by atoms with E-state index in [1.54, 1.807) is 0 Å². The molecule has 76 valence electrons. The van der Waals surface area contributed by atoms with E-state index in [1.165, 1.54) is 13.5 Å². The molecule has 2 N–H and O–H groups in total. The number of fused-ring (bicyclic) bond motifs is 1. The third kappa shape index (κ3) is 1.44. The average Bonchev–Trinajstić information content (AvgIpc) is 2.58. The Morgan fingerprint density at radius 1 is 1.62 bits per heavy atom. The SMILES string of the molecule is COC(=O)C(N)C12CCC(C1)C2.Cl. The molecule has 0 aromatic rings. The van der Waals surface area contributed by atoms with E-state index < -0.39 is 0 Å². The van der Waals surface area contributed by atoms with Crippen LogP contribution in [0.5, 0.6) is 0 Å². The van der Waals surface area contributed by atoms with Gasteiger partial charge in [-0.15, -0.1) is 12.4 Å². The molecule has 0 heterocycles. The zero-order valence-electron chi connectivity index (χ0n) is 7.79. The van der Waals surface area contributed by atoms with E-state index in [2.05, 4.69) is 4.74 Å². The number of esters is 1. The van der Waals surface area contributed by atoms with Gasteiger partial charge in [-0.05, 0) is 37.0 Å². The third-order valence-corrected chi connectivity index (χ3v) is 3.56. The molecule has 3 aliphatic carbocycles. The van der Waals surface area contributed by atoms with Crippen LogP contribution in [0.25, 0.3) is 0 Å². The number of hydrogen-bond acceptors (Lipinski definition) is 3. The minimum absolute atomic E-state index is 0. The number of ether oxygens (including phenoxy) is 1. The quantitative estimate of drug-likeness (QED) is 0.687. The molecular formula is C9H16ClNO2. The third-order valence-electron chi connectivity index (χ3n) is 3.56. The fraction of sp³-hybridized carbons (Fsp3) is 0.889. The Kier molecular flexibility index (Phi) is 2.88. The molecule has 0 saturated heterocycles. The molecule has 3 nitrogen and oxygen atoms in total. The maximum Gasteiger partial charge on any atom is 0.323 e. The predicted octanol–water partition coefficient (Wildman–Crippen LogP) is 1.10. The van der Waals surface area contributed by atoms with Crippen LogP contribution in [0.2, 0.25) is 0 Å². The van der Waals surface area contributed by atoms with Crippen molar-refractivity contribution in [2.45, 2.75) is 31.7 Å². The van der Waals surface area contributed by atoms with E-state index in [4.69, 9.17) is 5.73 Å². The lowest BCUT2D eigenvalue weighted by Crippen LogP contribution is -2.50. The first-order valence-corrected chi connectivity index (χ1v) is 4.51. The van der Waals surface area contributed by atoms with Crippen LogP contribution < -0.4 is 5.73 Å². The lowest BCUT2D eigenvalue weighted by Gasteiger charge is -2.41. The van der Waals surface area contributed by atoms with Crippen LogP contribution in [-0.2, 0) is 9.53 Å². The smallest absolute Gasteiger partial charge is 0.323 e. The molecule has 0 aliphatic heterocycles. The summed E-state index contributed by atoms with van der Waals surface area (Å²) in [7, 11) is 1.41. The standard InChI is InChI=1S/C9H15NO2.ClH/c1-12-8(11)7(10)9-3-2-6(4-9)5-9;/h6-7H,2-5,10H2,1H3;1H. The topological polar surface area (TPSA) is 52.3 Å². The number of halogens is 1. The van der Waals surface area contributed by atoms with E-state index in [-0.39, 0.29) is 29.8 Å². The average molecular weight is 206 g/mol. The summed E-state index contributed by atoms with van der Waals surface area (Å²) >= 11 is 0. The molecule has 3 aliphatic rings. The minimum atomic E-state index is -0.374. The van der Waals surface area contributed by atoms with Crippen LogP contribution in [0.4, 0.5) is 0 Å². The van der Waals surface area contributed by atoms with Crippen LogP contribution in [-0.4, -0.2) is 19.1 Å². The highest BCUT2D eigenvalue weighted by molar-refractivity contribution is 5.85. The monoisotopic (exact) mass is 205 g/mol. The van der Waals surface area contributed by atoms with Gasteiger partial charge in [0.05, 0.1) is 7.11 Å². The van der Waals surface area contributed by atoms with E-state index in [0.717, 1.165) is 25.2 Å². The number of carbonyl (C=O) groups excluding carboxylic acids is 1. The zero-order valence-corrected chi connectivity index (χ0v) is 8.60. The molecule has 0 spiro atoms. The van der Waals surface area contributed by atoms with Gasteiger partial charge in [-0.25, -0.2) is 0 Å². The summed E-state index contributed by atoms with van der Waals surface area (Å²) in [5.41, 5.74) is 5.95. The fourth-order valence-electron chi connectivity index (χ4n) is 2.78. The van der Waals surface area contributed by atoms with Gasteiger partial charge in [0.15, 0.2) is 0 Å². The van der Waals surface area contributed by atoms with Gasteiger partial charge in [-0.2, -0.15) is 0 Å². The molecule has 3 rings (SSSR count). The Morgan fingerprint density at radius 3 is 2.62 bits per heavy atom. The summed E-state index contributed by atoms with van der Waals surface area (Å²) < 4.78 is 4.65. The van der Waals surface area contributed by atoms with E-state index in [0.29, 0.717) is 0 Å². The van der Waals surface area contributed by atoms with Crippen LogP contribution in [0.1, 0.15) is 25.7 Å². The van der Waals surface area contributed by atoms with Crippen LogP contribution in [0.3, 0.4) is 0 Å². The lowest BCUT2D eigenvalue weighted by molar-refractivity contribution is -0.147. The van der Waals surface area contributed by atoms with Crippen LogP contribution in [0.15, 0.2) is 0 Å². The molecule has 4 heteroatoms. The lowest BCUT2D eigenvalue weighted by atomic mass is 9.65. The Bertz CT molecular complexity index is 208. The van der Waals surface area contributed by atoms with Crippen molar-refractivity contribution in [2.24, 2.45) is 17.1 Å². The summed E-state index contributed by atoms with van der Waals surface area (Å²) in [5, 5.41) is 0. The Balaban J connectivity index is 0.000000845. The summed E-state index contributed by atoms with van der Waals surface area (Å²) in [5.74, 6) is 0.607. The van der Waals surface area contributed by atoms with Crippen molar-refractivity contribution in [1.29, 1.82) is 0 Å². The maximum absolute atomic E-state index is 11.2. The van der Waals surface area contributed by atoms with Gasteiger partial charge in [0.2, 0.25) is 0 Å². The summed E-state index contributed by atoms with van der Waals surface area (Å²) in [6, 6.07) is -0.374. The molecule has 3 fully saturated rings. The molecule has 0 aromatic carbocycles. The van der Waals surface area contributed by atoms with Crippen molar-refractivity contribution in [3.8, 4) is 0 Å². The highest BCUT2D eigenvalue weighted by atomic mass is 35.5. The van der Waals surface area contributed by atoms with Crippen LogP contribution >= 0.6 is 12.4 Å². The molecule has 1 atom stereocenters.